The monoisotopic (exact) mass is 292 g/mol. The average Bonchev–Trinajstić information content (AvgIpc) is 2.47. The summed E-state index contributed by atoms with van der Waals surface area (Å²) in [7, 11) is 6.10. The lowest BCUT2D eigenvalue weighted by atomic mass is 10.0. The number of nitrogens with zero attached hydrogens (tertiary/aromatic N) is 3. The average molecular weight is 292 g/mol. The number of hydrogen-bond acceptors (Lipinski definition) is 5. The number of non-ortho nitro benzene ring substituents is 1. The number of hydrogen-bond donors (Lipinski definition) is 1. The molecule has 1 aromatic rings. The van der Waals surface area contributed by atoms with Crippen molar-refractivity contribution in [2.75, 3.05) is 39.5 Å². The maximum absolute atomic E-state index is 10.9. The minimum absolute atomic E-state index is 0.159. The van der Waals surface area contributed by atoms with Crippen LogP contribution in [0.1, 0.15) is 18.4 Å². The number of nitro groups is 1. The molecule has 1 N–H and O–H groups in total. The van der Waals surface area contributed by atoms with E-state index in [1.165, 1.54) is 0 Å². The maximum atomic E-state index is 10.9. The number of rotatable bonds is 5. The zero-order chi connectivity index (χ0) is 15.4. The molecule has 116 valence electrons. The normalized spacial score (nSPS) is 17.1. The molecule has 0 aromatic heterocycles. The summed E-state index contributed by atoms with van der Waals surface area (Å²) >= 11 is 0. The summed E-state index contributed by atoms with van der Waals surface area (Å²) in [5.41, 5.74) is 2.12. The minimum atomic E-state index is -0.332. The molecule has 21 heavy (non-hydrogen) atoms. The first-order chi connectivity index (χ1) is 10.0. The van der Waals surface area contributed by atoms with Gasteiger partial charge in [0, 0.05) is 37.5 Å². The summed E-state index contributed by atoms with van der Waals surface area (Å²) in [5.74, 6) is 0. The number of nitro benzene ring substituents is 1. The van der Waals surface area contributed by atoms with Gasteiger partial charge in [0.2, 0.25) is 0 Å². The predicted molar refractivity (Wildman–Crippen MR) is 84.6 cm³/mol. The summed E-state index contributed by atoms with van der Waals surface area (Å²) < 4.78 is 0. The Labute approximate surface area is 125 Å². The second-order valence-electron chi connectivity index (χ2n) is 5.82. The van der Waals surface area contributed by atoms with Gasteiger partial charge in [-0.2, -0.15) is 0 Å². The Hall–Kier alpha value is -1.66. The lowest BCUT2D eigenvalue weighted by Crippen LogP contribution is -2.41. The van der Waals surface area contributed by atoms with Gasteiger partial charge in [0.05, 0.1) is 4.92 Å². The fraction of sp³-hybridized carbons (Fsp3) is 0.600. The number of anilines is 1. The van der Waals surface area contributed by atoms with E-state index >= 15 is 0 Å². The van der Waals surface area contributed by atoms with E-state index in [0.717, 1.165) is 43.7 Å². The summed E-state index contributed by atoms with van der Waals surface area (Å²) in [5, 5.41) is 14.0. The van der Waals surface area contributed by atoms with Crippen LogP contribution in [-0.4, -0.2) is 55.0 Å². The third kappa shape index (κ3) is 3.92. The molecule has 0 amide bonds. The molecule has 1 aromatic carbocycles. The number of piperidine rings is 1. The van der Waals surface area contributed by atoms with E-state index in [2.05, 4.69) is 29.2 Å². The number of likely N-dealkylation sites (tertiary alicyclic amines) is 1. The van der Waals surface area contributed by atoms with Crippen LogP contribution in [-0.2, 0) is 6.54 Å². The minimum Gasteiger partial charge on any atom is -0.388 e. The fourth-order valence-electron chi connectivity index (χ4n) is 2.90. The molecule has 1 aliphatic heterocycles. The van der Waals surface area contributed by atoms with Gasteiger partial charge in [-0.05, 0) is 51.7 Å². The summed E-state index contributed by atoms with van der Waals surface area (Å²) in [4.78, 5) is 15.3. The van der Waals surface area contributed by atoms with Crippen molar-refractivity contribution in [2.45, 2.75) is 25.4 Å². The lowest BCUT2D eigenvalue weighted by Gasteiger charge is -2.35. The third-order valence-electron chi connectivity index (χ3n) is 4.25. The van der Waals surface area contributed by atoms with E-state index in [1.807, 2.05) is 7.05 Å². The second-order valence-corrected chi connectivity index (χ2v) is 5.82. The molecule has 6 heteroatoms. The number of benzene rings is 1. The van der Waals surface area contributed by atoms with Gasteiger partial charge in [0.15, 0.2) is 0 Å². The zero-order valence-electron chi connectivity index (χ0n) is 13.0. The maximum Gasteiger partial charge on any atom is 0.269 e. The predicted octanol–water partition coefficient (Wildman–Crippen LogP) is 2.16. The Bertz CT molecular complexity index is 496. The van der Waals surface area contributed by atoms with Crippen LogP contribution >= 0.6 is 0 Å². The van der Waals surface area contributed by atoms with Crippen LogP contribution < -0.4 is 5.32 Å². The van der Waals surface area contributed by atoms with Gasteiger partial charge >= 0.3 is 0 Å². The van der Waals surface area contributed by atoms with Gasteiger partial charge in [-0.25, -0.2) is 0 Å². The SMILES string of the molecule is CNc1ccc([N+](=O)[O-])cc1CN1CCC(N(C)C)CC1. The smallest absolute Gasteiger partial charge is 0.269 e. The first kappa shape index (κ1) is 15.7. The molecular formula is C15H24N4O2. The van der Waals surface area contributed by atoms with Gasteiger partial charge in [-0.3, -0.25) is 15.0 Å². The Kier molecular flexibility index (Phi) is 5.14. The van der Waals surface area contributed by atoms with Gasteiger partial charge in [0.25, 0.3) is 5.69 Å². The summed E-state index contributed by atoms with van der Waals surface area (Å²) in [6.07, 6.45) is 2.30. The molecule has 0 bridgehead atoms. The van der Waals surface area contributed by atoms with Crippen LogP contribution in [0.25, 0.3) is 0 Å². The van der Waals surface area contributed by atoms with Crippen molar-refractivity contribution in [2.24, 2.45) is 0 Å². The molecule has 1 saturated heterocycles. The van der Waals surface area contributed by atoms with Crippen LogP contribution in [0.5, 0.6) is 0 Å². The van der Waals surface area contributed by atoms with Crippen LogP contribution in [0.3, 0.4) is 0 Å². The van der Waals surface area contributed by atoms with Crippen molar-refractivity contribution in [1.82, 2.24) is 9.80 Å². The Balaban J connectivity index is 2.05. The molecule has 1 aliphatic rings. The van der Waals surface area contributed by atoms with Crippen molar-refractivity contribution in [1.29, 1.82) is 0 Å². The van der Waals surface area contributed by atoms with E-state index in [1.54, 1.807) is 18.2 Å². The van der Waals surface area contributed by atoms with E-state index < -0.39 is 0 Å². The summed E-state index contributed by atoms with van der Waals surface area (Å²) in [6, 6.07) is 5.67. The molecule has 2 rings (SSSR count). The second kappa shape index (κ2) is 6.87. The molecular weight excluding hydrogens is 268 g/mol. The molecule has 1 heterocycles. The molecule has 0 aliphatic carbocycles. The lowest BCUT2D eigenvalue weighted by molar-refractivity contribution is -0.384. The van der Waals surface area contributed by atoms with Gasteiger partial charge in [-0.1, -0.05) is 0 Å². The Morgan fingerprint density at radius 2 is 2.05 bits per heavy atom. The first-order valence-electron chi connectivity index (χ1n) is 7.35. The largest absolute Gasteiger partial charge is 0.388 e. The van der Waals surface area contributed by atoms with Crippen LogP contribution in [0.4, 0.5) is 11.4 Å². The van der Waals surface area contributed by atoms with Crippen molar-refractivity contribution in [3.05, 3.63) is 33.9 Å². The van der Waals surface area contributed by atoms with Crippen molar-refractivity contribution in [3.63, 3.8) is 0 Å². The molecule has 0 saturated carbocycles. The van der Waals surface area contributed by atoms with Crippen molar-refractivity contribution >= 4 is 11.4 Å². The molecule has 0 atom stereocenters. The van der Waals surface area contributed by atoms with Gasteiger partial charge in [0.1, 0.15) is 0 Å². The van der Waals surface area contributed by atoms with E-state index in [9.17, 15) is 10.1 Å². The standard InChI is InChI=1S/C15H24N4O2/c1-16-15-5-4-14(19(20)21)10-12(15)11-18-8-6-13(7-9-18)17(2)3/h4-5,10,13,16H,6-9,11H2,1-3H3. The fourth-order valence-corrected chi connectivity index (χ4v) is 2.90. The third-order valence-corrected chi connectivity index (χ3v) is 4.25. The molecule has 0 spiro atoms. The topological polar surface area (TPSA) is 61.7 Å². The van der Waals surface area contributed by atoms with E-state index in [4.69, 9.17) is 0 Å². The molecule has 0 unspecified atom stereocenters. The molecule has 0 radical (unpaired) electrons. The highest BCUT2D eigenvalue weighted by Gasteiger charge is 2.21. The highest BCUT2D eigenvalue weighted by Crippen LogP contribution is 2.25. The highest BCUT2D eigenvalue weighted by atomic mass is 16.6. The zero-order valence-corrected chi connectivity index (χ0v) is 13.0. The van der Waals surface area contributed by atoms with Gasteiger partial charge < -0.3 is 10.2 Å². The molecule has 1 fully saturated rings. The van der Waals surface area contributed by atoms with E-state index in [0.29, 0.717) is 6.04 Å². The van der Waals surface area contributed by atoms with Crippen molar-refractivity contribution < 1.29 is 4.92 Å². The first-order valence-corrected chi connectivity index (χ1v) is 7.35. The highest BCUT2D eigenvalue weighted by molar-refractivity contribution is 5.55. The quantitative estimate of drug-likeness (QED) is 0.665. The van der Waals surface area contributed by atoms with Crippen molar-refractivity contribution in [3.8, 4) is 0 Å². The van der Waals surface area contributed by atoms with Crippen LogP contribution in [0.2, 0.25) is 0 Å². The van der Waals surface area contributed by atoms with Crippen LogP contribution in [0, 0.1) is 10.1 Å². The molecule has 6 nitrogen and oxygen atoms in total. The van der Waals surface area contributed by atoms with Crippen LogP contribution in [0.15, 0.2) is 18.2 Å². The van der Waals surface area contributed by atoms with E-state index in [-0.39, 0.29) is 10.6 Å². The Morgan fingerprint density at radius 1 is 1.38 bits per heavy atom. The Morgan fingerprint density at radius 3 is 2.57 bits per heavy atom. The van der Waals surface area contributed by atoms with Gasteiger partial charge in [-0.15, -0.1) is 0 Å². The summed E-state index contributed by atoms with van der Waals surface area (Å²) in [6.45, 7) is 2.83. The number of nitrogens with one attached hydrogen (secondary N) is 1.